The van der Waals surface area contributed by atoms with E-state index in [2.05, 4.69) is 29.1 Å². The van der Waals surface area contributed by atoms with Gasteiger partial charge in [-0.05, 0) is 12.8 Å². The van der Waals surface area contributed by atoms with Gasteiger partial charge in [0.25, 0.3) is 0 Å². The van der Waals surface area contributed by atoms with Crippen LogP contribution in [0.15, 0.2) is 27.1 Å². The highest BCUT2D eigenvalue weighted by molar-refractivity contribution is 5.64. The van der Waals surface area contributed by atoms with Gasteiger partial charge >= 0.3 is 0 Å². The molecule has 1 aliphatic heterocycles. The van der Waals surface area contributed by atoms with Crippen LogP contribution in [0.5, 0.6) is 0 Å². The van der Waals surface area contributed by atoms with Crippen LogP contribution in [0.2, 0.25) is 0 Å². The summed E-state index contributed by atoms with van der Waals surface area (Å²) in [6.07, 6.45) is 3.57. The van der Waals surface area contributed by atoms with Crippen molar-refractivity contribution in [1.29, 1.82) is 0 Å². The Kier molecular flexibility index (Phi) is 2.52. The normalized spacial score (nSPS) is 23.6. The van der Waals surface area contributed by atoms with Crippen LogP contribution in [-0.4, -0.2) is 12.3 Å². The lowest BCUT2D eigenvalue weighted by atomic mass is 10.2. The van der Waals surface area contributed by atoms with E-state index in [1.807, 2.05) is 6.92 Å². The predicted octanol–water partition coefficient (Wildman–Crippen LogP) is 2.41. The minimum absolute atomic E-state index is 0.113. The van der Waals surface area contributed by atoms with Gasteiger partial charge < -0.3 is 0 Å². The molecule has 0 aromatic heterocycles. The van der Waals surface area contributed by atoms with Gasteiger partial charge in [0.2, 0.25) is 0 Å². The van der Waals surface area contributed by atoms with Crippen molar-refractivity contribution in [2.75, 3.05) is 0 Å². The topological polar surface area (TPSA) is 37.1 Å². The number of nitrogens with zero attached hydrogens (tertiary/aromatic N) is 3. The molecule has 0 aromatic rings. The highest BCUT2D eigenvalue weighted by Gasteiger charge is 2.04. The van der Waals surface area contributed by atoms with Crippen molar-refractivity contribution in [2.45, 2.75) is 26.8 Å². The van der Waals surface area contributed by atoms with E-state index in [0.717, 1.165) is 5.70 Å². The fourth-order valence-electron chi connectivity index (χ4n) is 0.722. The van der Waals surface area contributed by atoms with Gasteiger partial charge in [-0.1, -0.05) is 13.8 Å². The molecule has 1 heterocycles. The second-order valence-electron chi connectivity index (χ2n) is 2.96. The maximum Gasteiger partial charge on any atom is 0.103 e. The number of hydrogen-bond donors (Lipinski definition) is 0. The lowest BCUT2D eigenvalue weighted by Gasteiger charge is -2.00. The quantitative estimate of drug-likeness (QED) is 0.552. The molecular formula is C8H13N3. The Labute approximate surface area is 66.9 Å². The molecule has 0 spiro atoms. The molecule has 1 rings (SSSR count). The lowest BCUT2D eigenvalue weighted by molar-refractivity contribution is 0.725. The highest BCUT2D eigenvalue weighted by Crippen LogP contribution is 2.13. The molecule has 3 nitrogen and oxygen atoms in total. The average molecular weight is 151 g/mol. The summed E-state index contributed by atoms with van der Waals surface area (Å²) in [6, 6.07) is 0.113. The smallest absolute Gasteiger partial charge is 0.103 e. The number of hydrogen-bond acceptors (Lipinski definition) is 3. The minimum atomic E-state index is 0.113. The maximum atomic E-state index is 4.08. The molecule has 0 radical (unpaired) electrons. The fourth-order valence-corrected chi connectivity index (χ4v) is 0.722. The van der Waals surface area contributed by atoms with Crippen LogP contribution in [0.3, 0.4) is 0 Å². The van der Waals surface area contributed by atoms with Gasteiger partial charge in [-0.2, -0.15) is 10.2 Å². The highest BCUT2D eigenvalue weighted by atomic mass is 15.1. The number of aliphatic imine (C=N–C) groups is 1. The summed E-state index contributed by atoms with van der Waals surface area (Å²) in [6.45, 7) is 6.12. The summed E-state index contributed by atoms with van der Waals surface area (Å²) in [5, 5.41) is 8.10. The Hall–Kier alpha value is -0.990. The number of rotatable bonds is 1. The summed E-state index contributed by atoms with van der Waals surface area (Å²) >= 11 is 0. The van der Waals surface area contributed by atoms with Crippen molar-refractivity contribution < 1.29 is 0 Å². The van der Waals surface area contributed by atoms with Gasteiger partial charge in [-0.15, -0.1) is 0 Å². The maximum absolute atomic E-state index is 4.08. The van der Waals surface area contributed by atoms with Crippen molar-refractivity contribution in [3.8, 4) is 0 Å². The third kappa shape index (κ3) is 2.26. The van der Waals surface area contributed by atoms with Crippen LogP contribution < -0.4 is 0 Å². The molecule has 0 saturated carbocycles. The molecule has 0 aromatic carbocycles. The Morgan fingerprint density at radius 1 is 1.45 bits per heavy atom. The monoisotopic (exact) mass is 151 g/mol. The molecule has 0 aliphatic carbocycles. The fraction of sp³-hybridized carbons (Fsp3) is 0.625. The van der Waals surface area contributed by atoms with Gasteiger partial charge in [0.1, 0.15) is 6.04 Å². The molecule has 60 valence electrons. The van der Waals surface area contributed by atoms with E-state index in [9.17, 15) is 0 Å². The molecular weight excluding hydrogens is 138 g/mol. The SMILES string of the molecule is CC1C=NC=C(C(C)C)N=N1. The van der Waals surface area contributed by atoms with Crippen LogP contribution in [-0.2, 0) is 0 Å². The second-order valence-corrected chi connectivity index (χ2v) is 2.96. The summed E-state index contributed by atoms with van der Waals surface area (Å²) in [5.74, 6) is 0.404. The van der Waals surface area contributed by atoms with Gasteiger partial charge in [-0.3, -0.25) is 4.99 Å². The van der Waals surface area contributed by atoms with Crippen LogP contribution in [0.4, 0.5) is 0 Å². The first-order valence-electron chi connectivity index (χ1n) is 3.84. The van der Waals surface area contributed by atoms with Gasteiger partial charge in [-0.25, -0.2) is 0 Å². The predicted molar refractivity (Wildman–Crippen MR) is 45.7 cm³/mol. The van der Waals surface area contributed by atoms with Crippen LogP contribution in [0, 0.1) is 5.92 Å². The Morgan fingerprint density at radius 2 is 2.18 bits per heavy atom. The third-order valence-corrected chi connectivity index (χ3v) is 1.46. The van der Waals surface area contributed by atoms with E-state index in [1.165, 1.54) is 0 Å². The molecule has 0 amide bonds. The molecule has 3 heteroatoms. The van der Waals surface area contributed by atoms with E-state index < -0.39 is 0 Å². The zero-order valence-corrected chi connectivity index (χ0v) is 7.15. The zero-order valence-electron chi connectivity index (χ0n) is 7.15. The zero-order chi connectivity index (χ0) is 8.27. The standard InChI is InChI=1S/C8H13N3/c1-6(2)8-5-9-4-7(3)10-11-8/h4-7H,1-3H3. The first kappa shape index (κ1) is 8.11. The molecule has 0 N–H and O–H groups in total. The molecule has 0 fully saturated rings. The summed E-state index contributed by atoms with van der Waals surface area (Å²) in [5.41, 5.74) is 0.950. The first-order valence-corrected chi connectivity index (χ1v) is 3.84. The third-order valence-electron chi connectivity index (χ3n) is 1.46. The summed E-state index contributed by atoms with van der Waals surface area (Å²) in [7, 11) is 0. The van der Waals surface area contributed by atoms with Crippen molar-refractivity contribution in [2.24, 2.45) is 21.1 Å². The van der Waals surface area contributed by atoms with E-state index in [1.54, 1.807) is 12.4 Å². The largest absolute Gasteiger partial charge is 0.265 e. The van der Waals surface area contributed by atoms with Gasteiger partial charge in [0, 0.05) is 6.21 Å². The Bertz CT molecular complexity index is 213. The molecule has 11 heavy (non-hydrogen) atoms. The van der Waals surface area contributed by atoms with Crippen molar-refractivity contribution in [1.82, 2.24) is 0 Å². The van der Waals surface area contributed by atoms with Crippen LogP contribution in [0.1, 0.15) is 20.8 Å². The number of azo groups is 1. The van der Waals surface area contributed by atoms with Crippen molar-refractivity contribution in [3.63, 3.8) is 0 Å². The summed E-state index contributed by atoms with van der Waals surface area (Å²) in [4.78, 5) is 4.08. The van der Waals surface area contributed by atoms with E-state index in [0.29, 0.717) is 5.92 Å². The van der Waals surface area contributed by atoms with Gasteiger partial charge in [0.05, 0.1) is 11.9 Å². The molecule has 1 atom stereocenters. The molecule has 1 aliphatic rings. The lowest BCUT2D eigenvalue weighted by Crippen LogP contribution is -1.95. The van der Waals surface area contributed by atoms with Crippen molar-refractivity contribution >= 4 is 6.21 Å². The van der Waals surface area contributed by atoms with Crippen LogP contribution in [0.25, 0.3) is 0 Å². The van der Waals surface area contributed by atoms with Crippen molar-refractivity contribution in [3.05, 3.63) is 11.9 Å². The second kappa shape index (κ2) is 3.42. The first-order chi connectivity index (χ1) is 5.20. The molecule has 0 saturated heterocycles. The molecule has 0 bridgehead atoms. The van der Waals surface area contributed by atoms with Crippen LogP contribution >= 0.6 is 0 Å². The van der Waals surface area contributed by atoms with E-state index in [-0.39, 0.29) is 6.04 Å². The van der Waals surface area contributed by atoms with E-state index >= 15 is 0 Å². The molecule has 1 unspecified atom stereocenters. The van der Waals surface area contributed by atoms with Gasteiger partial charge in [0.15, 0.2) is 0 Å². The minimum Gasteiger partial charge on any atom is -0.265 e. The Morgan fingerprint density at radius 3 is 2.82 bits per heavy atom. The average Bonchev–Trinajstić information content (AvgIpc) is 2.13. The Balaban J connectivity index is 2.76. The number of allylic oxidation sites excluding steroid dienone is 1. The van der Waals surface area contributed by atoms with E-state index in [4.69, 9.17) is 0 Å². The summed E-state index contributed by atoms with van der Waals surface area (Å²) < 4.78 is 0.